The number of amides is 1. The van der Waals surface area contributed by atoms with Gasteiger partial charge in [-0.1, -0.05) is 46.9 Å². The zero-order valence-corrected chi connectivity index (χ0v) is 18.4. The molecule has 0 radical (unpaired) electrons. The van der Waals surface area contributed by atoms with Crippen molar-refractivity contribution in [3.8, 4) is 0 Å². The number of fused-ring (bicyclic) bond motifs is 1. The number of halogens is 4. The molecule has 0 bridgehead atoms. The number of aromatic amines is 1. The van der Waals surface area contributed by atoms with Crippen molar-refractivity contribution in [2.45, 2.75) is 6.42 Å². The minimum Gasteiger partial charge on any atom is -0.326 e. The second-order valence-electron chi connectivity index (χ2n) is 6.89. The van der Waals surface area contributed by atoms with Gasteiger partial charge in [0.05, 0.1) is 21.8 Å². The van der Waals surface area contributed by atoms with Gasteiger partial charge in [0.2, 0.25) is 0 Å². The predicted molar refractivity (Wildman–Crippen MR) is 122 cm³/mol. The monoisotopic (exact) mass is 491 g/mol. The number of hydrogen-bond acceptors (Lipinski definition) is 3. The number of ketones is 1. The van der Waals surface area contributed by atoms with E-state index >= 15 is 0 Å². The maximum Gasteiger partial charge on any atom is 0.296 e. The van der Waals surface area contributed by atoms with Gasteiger partial charge in [-0.15, -0.1) is 0 Å². The highest BCUT2D eigenvalue weighted by Gasteiger charge is 2.24. The molecule has 32 heavy (non-hydrogen) atoms. The third-order valence-corrected chi connectivity index (χ3v) is 5.68. The summed E-state index contributed by atoms with van der Waals surface area (Å²) in [5.41, 5.74) is 1.18. The molecular formula is C22H13Cl3FN3O3. The number of pyridine rings is 2. The van der Waals surface area contributed by atoms with Crippen molar-refractivity contribution in [3.63, 3.8) is 0 Å². The van der Waals surface area contributed by atoms with Crippen LogP contribution in [0.1, 0.15) is 21.6 Å². The van der Waals surface area contributed by atoms with Gasteiger partial charge in [0, 0.05) is 29.5 Å². The molecule has 10 heteroatoms. The van der Waals surface area contributed by atoms with Gasteiger partial charge in [-0.3, -0.25) is 14.4 Å². The van der Waals surface area contributed by atoms with Crippen LogP contribution in [-0.4, -0.2) is 21.1 Å². The molecule has 3 aromatic heterocycles. The Balaban J connectivity index is 1.72. The van der Waals surface area contributed by atoms with E-state index in [4.69, 9.17) is 34.8 Å². The van der Waals surface area contributed by atoms with Crippen LogP contribution in [0.3, 0.4) is 0 Å². The van der Waals surface area contributed by atoms with Gasteiger partial charge in [-0.2, -0.15) is 0 Å². The first-order valence-corrected chi connectivity index (χ1v) is 10.3. The largest absolute Gasteiger partial charge is 0.326 e. The van der Waals surface area contributed by atoms with Crippen LogP contribution < -0.4 is 10.9 Å². The summed E-state index contributed by atoms with van der Waals surface area (Å²) >= 11 is 18.0. The van der Waals surface area contributed by atoms with Crippen LogP contribution in [0.4, 0.5) is 10.1 Å². The van der Waals surface area contributed by atoms with Gasteiger partial charge in [0.15, 0.2) is 0 Å². The van der Waals surface area contributed by atoms with Crippen LogP contribution in [0.25, 0.3) is 5.52 Å². The Hall–Kier alpha value is -3.13. The number of rotatable bonds is 5. The van der Waals surface area contributed by atoms with Crippen molar-refractivity contribution < 1.29 is 14.0 Å². The quantitative estimate of drug-likeness (QED) is 0.299. The van der Waals surface area contributed by atoms with Crippen molar-refractivity contribution >= 4 is 57.7 Å². The number of aromatic nitrogens is 2. The highest BCUT2D eigenvalue weighted by atomic mass is 35.5. The van der Waals surface area contributed by atoms with Gasteiger partial charge in [-0.25, -0.2) is 4.39 Å². The van der Waals surface area contributed by atoms with E-state index in [-0.39, 0.29) is 27.1 Å². The molecule has 0 atom stereocenters. The van der Waals surface area contributed by atoms with E-state index in [1.54, 1.807) is 40.9 Å². The lowest BCUT2D eigenvalue weighted by molar-refractivity contribution is -0.112. The number of H-pyrrole nitrogens is 1. The summed E-state index contributed by atoms with van der Waals surface area (Å²) in [6.07, 6.45) is 3.21. The van der Waals surface area contributed by atoms with E-state index in [9.17, 15) is 18.8 Å². The van der Waals surface area contributed by atoms with Crippen LogP contribution in [0.5, 0.6) is 0 Å². The number of nitrogens with zero attached hydrogens (tertiary/aromatic N) is 1. The molecule has 0 saturated carbocycles. The molecule has 0 aliphatic heterocycles. The summed E-state index contributed by atoms with van der Waals surface area (Å²) in [5, 5.41) is 2.30. The maximum atomic E-state index is 13.2. The summed E-state index contributed by atoms with van der Waals surface area (Å²) in [5.74, 6) is -2.26. The molecule has 2 N–H and O–H groups in total. The number of nitrogens with one attached hydrogen (secondary N) is 2. The summed E-state index contributed by atoms with van der Waals surface area (Å²) in [6.45, 7) is 0. The lowest BCUT2D eigenvalue weighted by Gasteiger charge is -2.07. The first kappa shape index (κ1) is 22.1. The number of hydrogen-bond donors (Lipinski definition) is 2. The van der Waals surface area contributed by atoms with Gasteiger partial charge in [0.25, 0.3) is 17.2 Å². The molecule has 162 valence electrons. The average molecular weight is 493 g/mol. The summed E-state index contributed by atoms with van der Waals surface area (Å²) in [6, 6.07) is 10.7. The Kier molecular flexibility index (Phi) is 6.06. The van der Waals surface area contributed by atoms with Crippen molar-refractivity contribution in [2.75, 3.05) is 5.32 Å². The normalized spacial score (nSPS) is 11.0. The van der Waals surface area contributed by atoms with Crippen LogP contribution in [0.15, 0.2) is 59.7 Å². The second kappa shape index (κ2) is 8.78. The summed E-state index contributed by atoms with van der Waals surface area (Å²) in [7, 11) is 0. The molecule has 4 rings (SSSR count). The van der Waals surface area contributed by atoms with Crippen LogP contribution in [0, 0.1) is 5.82 Å². The Morgan fingerprint density at radius 3 is 2.50 bits per heavy atom. The van der Waals surface area contributed by atoms with Gasteiger partial charge in [0.1, 0.15) is 10.8 Å². The Bertz CT molecular complexity index is 1430. The highest BCUT2D eigenvalue weighted by molar-refractivity contribution is 6.49. The zero-order valence-electron chi connectivity index (χ0n) is 16.1. The number of Topliss-reactive ketones (excluding diaryl/α,β-unsaturated/α-hetero) is 1. The van der Waals surface area contributed by atoms with Crippen molar-refractivity contribution in [1.82, 2.24) is 9.38 Å². The fraction of sp³-hybridized carbons (Fsp3) is 0.0455. The second-order valence-corrected chi connectivity index (χ2v) is 8.11. The third-order valence-electron chi connectivity index (χ3n) is 4.79. The minimum atomic E-state index is -1.03. The Morgan fingerprint density at radius 2 is 1.78 bits per heavy atom. The molecule has 0 fully saturated rings. The zero-order chi connectivity index (χ0) is 23.0. The van der Waals surface area contributed by atoms with Crippen LogP contribution >= 0.6 is 34.8 Å². The fourth-order valence-electron chi connectivity index (χ4n) is 3.26. The third kappa shape index (κ3) is 4.27. The van der Waals surface area contributed by atoms with Crippen LogP contribution in [-0.2, 0) is 11.2 Å². The van der Waals surface area contributed by atoms with Crippen molar-refractivity contribution in [3.05, 3.63) is 103 Å². The summed E-state index contributed by atoms with van der Waals surface area (Å²) < 4.78 is 15.0. The molecule has 1 amide bonds. The smallest absolute Gasteiger partial charge is 0.296 e. The Morgan fingerprint density at radius 1 is 1.06 bits per heavy atom. The lowest BCUT2D eigenvalue weighted by Crippen LogP contribution is -2.24. The van der Waals surface area contributed by atoms with E-state index in [2.05, 4.69) is 10.3 Å². The molecule has 1 aromatic carbocycles. The van der Waals surface area contributed by atoms with E-state index in [1.807, 2.05) is 0 Å². The van der Waals surface area contributed by atoms with E-state index < -0.39 is 17.2 Å². The molecule has 0 saturated heterocycles. The standard InChI is InChI=1S/C22H13Cl3FN3O3/c23-12-5-6-29-14(7-11-1-3-13(26)4-2-11)9-15(17(29)8-12)20(30)22(32)28-19-16(24)10-27-21(31)18(19)25/h1-6,8-10H,7H2,(H2,27,28,31,32). The predicted octanol–water partition coefficient (Wildman–Crippen LogP) is 5.14. The first-order valence-electron chi connectivity index (χ1n) is 9.21. The minimum absolute atomic E-state index is 0.0301. The van der Waals surface area contributed by atoms with Crippen molar-refractivity contribution in [2.24, 2.45) is 0 Å². The Labute approximate surface area is 195 Å². The number of benzene rings is 1. The van der Waals surface area contributed by atoms with Gasteiger partial charge < -0.3 is 14.7 Å². The van der Waals surface area contributed by atoms with Crippen molar-refractivity contribution in [1.29, 1.82) is 0 Å². The molecule has 4 aromatic rings. The molecule has 6 nitrogen and oxygen atoms in total. The topological polar surface area (TPSA) is 83.4 Å². The molecule has 0 aliphatic carbocycles. The molecule has 3 heterocycles. The van der Waals surface area contributed by atoms with E-state index in [0.717, 1.165) is 11.8 Å². The average Bonchev–Trinajstić information content (AvgIpc) is 3.12. The number of carbonyl (C=O) groups excluding carboxylic acids is 2. The highest BCUT2D eigenvalue weighted by Crippen LogP contribution is 2.27. The lowest BCUT2D eigenvalue weighted by atomic mass is 10.1. The first-order chi connectivity index (χ1) is 15.2. The number of anilines is 1. The molecule has 0 spiro atoms. The van der Waals surface area contributed by atoms with Gasteiger partial charge >= 0.3 is 0 Å². The number of carbonyl (C=O) groups is 2. The molecule has 0 aliphatic rings. The maximum absolute atomic E-state index is 13.2. The summed E-state index contributed by atoms with van der Waals surface area (Å²) in [4.78, 5) is 39.7. The van der Waals surface area contributed by atoms with Gasteiger partial charge in [-0.05, 0) is 35.9 Å². The van der Waals surface area contributed by atoms with E-state index in [0.29, 0.717) is 22.7 Å². The SMILES string of the molecule is O=C(Nc1c(Cl)c[nH]c(=O)c1Cl)C(=O)c1cc(Cc2ccc(F)cc2)n2ccc(Cl)cc12. The molecular weight excluding hydrogens is 480 g/mol. The van der Waals surface area contributed by atoms with Crippen LogP contribution in [0.2, 0.25) is 15.1 Å². The molecule has 0 unspecified atom stereocenters. The fourth-order valence-corrected chi connectivity index (χ4v) is 3.87. The van der Waals surface area contributed by atoms with E-state index in [1.165, 1.54) is 12.1 Å².